The fourth-order valence-corrected chi connectivity index (χ4v) is 3.05. The largest absolute Gasteiger partial charge is 0.372 e. The number of aromatic nitrogens is 2. The van der Waals surface area contributed by atoms with Crippen LogP contribution in [0.3, 0.4) is 0 Å². The van der Waals surface area contributed by atoms with E-state index in [9.17, 15) is 19.3 Å². The van der Waals surface area contributed by atoms with Crippen LogP contribution in [0.25, 0.3) is 0 Å². The molecular weight excluding hydrogens is 357 g/mol. The summed E-state index contributed by atoms with van der Waals surface area (Å²) in [5, 5.41) is 18.0. The molecule has 2 aromatic rings. The number of hydrogen-bond donors (Lipinski definition) is 1. The summed E-state index contributed by atoms with van der Waals surface area (Å²) in [7, 11) is 0. The van der Waals surface area contributed by atoms with Gasteiger partial charge in [0.1, 0.15) is 18.0 Å². The molecule has 0 radical (unpaired) electrons. The van der Waals surface area contributed by atoms with Gasteiger partial charge in [-0.15, -0.1) is 0 Å². The number of ether oxygens (including phenoxy) is 1. The van der Waals surface area contributed by atoms with E-state index in [0.29, 0.717) is 18.8 Å². The monoisotopic (exact) mass is 377 g/mol. The van der Waals surface area contributed by atoms with Crippen LogP contribution in [0.5, 0.6) is 0 Å². The number of carbonyl (C=O) groups excluding carboxylic acids is 1. The number of amides is 1. The maximum atomic E-state index is 13.2. The third-order valence-corrected chi connectivity index (χ3v) is 4.14. The quantitative estimate of drug-likeness (QED) is 0.634. The van der Waals surface area contributed by atoms with Crippen molar-refractivity contribution in [1.29, 1.82) is 0 Å². The van der Waals surface area contributed by atoms with Crippen LogP contribution in [0.1, 0.15) is 13.8 Å². The molecule has 2 heterocycles. The maximum absolute atomic E-state index is 13.2. The van der Waals surface area contributed by atoms with Gasteiger partial charge in [0, 0.05) is 19.3 Å². The van der Waals surface area contributed by atoms with E-state index >= 15 is 0 Å². The Morgan fingerprint density at radius 1 is 1.41 bits per heavy atom. The van der Waals surface area contributed by atoms with E-state index in [2.05, 4.69) is 10.4 Å². The van der Waals surface area contributed by atoms with E-state index in [4.69, 9.17) is 4.74 Å². The van der Waals surface area contributed by atoms with Crippen molar-refractivity contribution in [3.05, 3.63) is 46.5 Å². The van der Waals surface area contributed by atoms with E-state index < -0.39 is 10.7 Å². The Morgan fingerprint density at radius 2 is 2.11 bits per heavy atom. The summed E-state index contributed by atoms with van der Waals surface area (Å²) < 4.78 is 20.3. The Morgan fingerprint density at radius 3 is 2.78 bits per heavy atom. The minimum absolute atomic E-state index is 0.0217. The average molecular weight is 377 g/mol. The van der Waals surface area contributed by atoms with Gasteiger partial charge >= 0.3 is 0 Å². The van der Waals surface area contributed by atoms with Crippen LogP contribution in [0.15, 0.2) is 30.6 Å². The van der Waals surface area contributed by atoms with Crippen LogP contribution >= 0.6 is 0 Å². The smallest absolute Gasteiger partial charge is 0.295 e. The number of halogens is 1. The van der Waals surface area contributed by atoms with E-state index in [1.165, 1.54) is 16.9 Å². The Hall–Kier alpha value is -3.01. The Kier molecular flexibility index (Phi) is 5.36. The van der Waals surface area contributed by atoms with E-state index in [0.717, 1.165) is 12.1 Å². The van der Waals surface area contributed by atoms with Gasteiger partial charge in [-0.2, -0.15) is 5.10 Å². The second-order valence-corrected chi connectivity index (χ2v) is 6.53. The SMILES string of the molecule is CC1CN(C(=O)Cn2cc(Nc3ccc(F)cc3[N+](=O)[O-])cn2)CC(C)O1. The predicted octanol–water partition coefficient (Wildman–Crippen LogP) is 2.31. The van der Waals surface area contributed by atoms with E-state index in [-0.39, 0.29) is 36.0 Å². The molecule has 0 saturated carbocycles. The summed E-state index contributed by atoms with van der Waals surface area (Å²) in [6.07, 6.45) is 2.97. The van der Waals surface area contributed by atoms with Crippen molar-refractivity contribution >= 4 is 23.0 Å². The van der Waals surface area contributed by atoms with Gasteiger partial charge in [0.25, 0.3) is 5.69 Å². The lowest BCUT2D eigenvalue weighted by atomic mass is 10.2. The molecule has 1 aromatic carbocycles. The fraction of sp³-hybridized carbons (Fsp3) is 0.412. The number of anilines is 2. The normalized spacial score (nSPS) is 19.7. The van der Waals surface area contributed by atoms with Crippen molar-refractivity contribution in [2.24, 2.45) is 0 Å². The molecule has 10 heteroatoms. The number of nitrogens with zero attached hydrogens (tertiary/aromatic N) is 4. The molecule has 0 aliphatic carbocycles. The highest BCUT2D eigenvalue weighted by Gasteiger charge is 2.26. The van der Waals surface area contributed by atoms with Crippen molar-refractivity contribution < 1.29 is 18.8 Å². The van der Waals surface area contributed by atoms with Crippen LogP contribution in [0.2, 0.25) is 0 Å². The molecule has 3 rings (SSSR count). The topological polar surface area (TPSA) is 103 Å². The van der Waals surface area contributed by atoms with Crippen molar-refractivity contribution in [2.45, 2.75) is 32.6 Å². The molecule has 1 amide bonds. The van der Waals surface area contributed by atoms with Crippen molar-refractivity contribution in [2.75, 3.05) is 18.4 Å². The van der Waals surface area contributed by atoms with Crippen LogP contribution < -0.4 is 5.32 Å². The van der Waals surface area contributed by atoms with Crippen molar-refractivity contribution in [3.8, 4) is 0 Å². The van der Waals surface area contributed by atoms with Crippen LogP contribution in [0, 0.1) is 15.9 Å². The second kappa shape index (κ2) is 7.70. The van der Waals surface area contributed by atoms with Gasteiger partial charge in [0.2, 0.25) is 5.91 Å². The third-order valence-electron chi connectivity index (χ3n) is 4.14. The summed E-state index contributed by atoms with van der Waals surface area (Å²) in [5.74, 6) is -0.776. The highest BCUT2D eigenvalue weighted by molar-refractivity contribution is 5.76. The summed E-state index contributed by atoms with van der Waals surface area (Å²) in [5.41, 5.74) is 0.222. The first kappa shape index (κ1) is 18.8. The molecule has 2 atom stereocenters. The first-order chi connectivity index (χ1) is 12.8. The van der Waals surface area contributed by atoms with Gasteiger partial charge in [-0.05, 0) is 26.0 Å². The van der Waals surface area contributed by atoms with Crippen LogP contribution in [0.4, 0.5) is 21.5 Å². The third kappa shape index (κ3) is 4.59. The standard InChI is InChI=1S/C17H20FN5O4/c1-11-7-21(8-12(2)27-11)17(24)10-22-9-14(6-19-22)20-15-4-3-13(18)5-16(15)23(25)26/h3-6,9,11-12,20H,7-8,10H2,1-2H3. The maximum Gasteiger partial charge on any atom is 0.295 e. The van der Waals surface area contributed by atoms with E-state index in [1.807, 2.05) is 13.8 Å². The molecule has 9 nitrogen and oxygen atoms in total. The van der Waals surface area contributed by atoms with Gasteiger partial charge < -0.3 is 15.0 Å². The van der Waals surface area contributed by atoms with Gasteiger partial charge in [0.15, 0.2) is 0 Å². The number of nitro benzene ring substituents is 1. The molecule has 1 aliphatic rings. The molecule has 144 valence electrons. The molecule has 1 saturated heterocycles. The Bertz CT molecular complexity index is 846. The average Bonchev–Trinajstić information content (AvgIpc) is 3.02. The second-order valence-electron chi connectivity index (χ2n) is 6.53. The lowest BCUT2D eigenvalue weighted by molar-refractivity contribution is -0.384. The number of benzene rings is 1. The molecule has 1 aliphatic heterocycles. The molecule has 1 aromatic heterocycles. The van der Waals surface area contributed by atoms with Gasteiger partial charge in [-0.25, -0.2) is 4.39 Å². The molecule has 27 heavy (non-hydrogen) atoms. The number of rotatable bonds is 5. The minimum atomic E-state index is -0.692. The van der Waals surface area contributed by atoms with Crippen molar-refractivity contribution in [1.82, 2.24) is 14.7 Å². The van der Waals surface area contributed by atoms with Gasteiger partial charge in [-0.1, -0.05) is 0 Å². The fourth-order valence-electron chi connectivity index (χ4n) is 3.05. The van der Waals surface area contributed by atoms with Crippen LogP contribution in [-0.4, -0.2) is 50.8 Å². The molecule has 0 spiro atoms. The highest BCUT2D eigenvalue weighted by Crippen LogP contribution is 2.28. The number of hydrogen-bond acceptors (Lipinski definition) is 6. The zero-order valence-corrected chi connectivity index (χ0v) is 15.0. The summed E-state index contributed by atoms with van der Waals surface area (Å²) in [6.45, 7) is 4.93. The van der Waals surface area contributed by atoms with Gasteiger partial charge in [-0.3, -0.25) is 19.6 Å². The number of nitro groups is 1. The molecule has 2 unspecified atom stereocenters. The van der Waals surface area contributed by atoms with Gasteiger partial charge in [0.05, 0.1) is 35.1 Å². The molecule has 0 bridgehead atoms. The first-order valence-corrected chi connectivity index (χ1v) is 8.48. The molecular formula is C17H20FN5O4. The van der Waals surface area contributed by atoms with Crippen molar-refractivity contribution in [3.63, 3.8) is 0 Å². The lowest BCUT2D eigenvalue weighted by Gasteiger charge is -2.35. The zero-order valence-electron chi connectivity index (χ0n) is 15.0. The number of morpholine rings is 1. The number of nitrogens with one attached hydrogen (secondary N) is 1. The Labute approximate surface area is 154 Å². The molecule has 1 fully saturated rings. The lowest BCUT2D eigenvalue weighted by Crippen LogP contribution is -2.49. The summed E-state index contributed by atoms with van der Waals surface area (Å²) in [6, 6.07) is 3.26. The number of carbonyl (C=O) groups is 1. The highest BCUT2D eigenvalue weighted by atomic mass is 19.1. The first-order valence-electron chi connectivity index (χ1n) is 8.48. The predicted molar refractivity (Wildman–Crippen MR) is 95.2 cm³/mol. The van der Waals surface area contributed by atoms with E-state index in [1.54, 1.807) is 11.1 Å². The Balaban J connectivity index is 1.67. The minimum Gasteiger partial charge on any atom is -0.372 e. The summed E-state index contributed by atoms with van der Waals surface area (Å²) in [4.78, 5) is 24.6. The van der Waals surface area contributed by atoms with Crippen LogP contribution in [-0.2, 0) is 16.1 Å². The zero-order chi connectivity index (χ0) is 19.6. The summed E-state index contributed by atoms with van der Waals surface area (Å²) >= 11 is 0. The molecule has 1 N–H and O–H groups in total.